The van der Waals surface area contributed by atoms with Crippen LogP contribution in [0, 0.1) is 5.82 Å². The Morgan fingerprint density at radius 3 is 2.00 bits per heavy atom. The van der Waals surface area contributed by atoms with E-state index in [1.807, 2.05) is 0 Å². The van der Waals surface area contributed by atoms with Crippen LogP contribution in [0.4, 0.5) is 4.39 Å². The fraction of sp³-hybridized carbons (Fsp3) is 0. The molecule has 0 fully saturated rings. The van der Waals surface area contributed by atoms with Gasteiger partial charge < -0.3 is 0 Å². The summed E-state index contributed by atoms with van der Waals surface area (Å²) in [7, 11) is 0. The van der Waals surface area contributed by atoms with Gasteiger partial charge in [0.2, 0.25) is 0 Å². The number of rotatable bonds is 1. The molecule has 0 heterocycles. The number of hydrogen-bond donors (Lipinski definition) is 0. The van der Waals surface area contributed by atoms with Crippen LogP contribution in [0.2, 0.25) is 25.1 Å². The molecule has 0 radical (unpaired) electrons. The minimum atomic E-state index is -0.624. The molecular weight excluding hydrogens is 340 g/mol. The van der Waals surface area contributed by atoms with E-state index in [4.69, 9.17) is 58.0 Å². The molecule has 18 heavy (non-hydrogen) atoms. The minimum absolute atomic E-state index is 0.105. The maximum Gasteiger partial charge on any atom is 0.143 e. The van der Waals surface area contributed by atoms with Crippen LogP contribution in [0.1, 0.15) is 0 Å². The van der Waals surface area contributed by atoms with Crippen LogP contribution in [0.5, 0.6) is 0 Å². The van der Waals surface area contributed by atoms with Crippen molar-refractivity contribution >= 4 is 58.0 Å². The number of benzene rings is 2. The van der Waals surface area contributed by atoms with Crippen molar-refractivity contribution in [2.45, 2.75) is 0 Å². The lowest BCUT2D eigenvalue weighted by atomic mass is 10.1. The van der Waals surface area contributed by atoms with Crippen molar-refractivity contribution in [1.29, 1.82) is 0 Å². The van der Waals surface area contributed by atoms with E-state index in [9.17, 15) is 4.39 Å². The molecule has 0 nitrogen and oxygen atoms in total. The first-order chi connectivity index (χ1) is 8.41. The predicted octanol–water partition coefficient (Wildman–Crippen LogP) is 6.76. The Morgan fingerprint density at radius 1 is 0.722 bits per heavy atom. The van der Waals surface area contributed by atoms with Crippen molar-refractivity contribution in [3.05, 3.63) is 55.2 Å². The Balaban J connectivity index is 2.67. The molecule has 0 amide bonds. The molecule has 94 valence electrons. The molecule has 0 atom stereocenters. The summed E-state index contributed by atoms with van der Waals surface area (Å²) in [6.07, 6.45) is 0. The molecule has 2 aromatic carbocycles. The maximum absolute atomic E-state index is 13.5. The van der Waals surface area contributed by atoms with Crippen LogP contribution in [-0.2, 0) is 0 Å². The lowest BCUT2D eigenvalue weighted by Crippen LogP contribution is -1.86. The zero-order chi connectivity index (χ0) is 13.4. The van der Waals surface area contributed by atoms with Gasteiger partial charge in [0.15, 0.2) is 0 Å². The van der Waals surface area contributed by atoms with Gasteiger partial charge in [-0.05, 0) is 23.8 Å². The Labute approximate surface area is 128 Å². The molecule has 6 heteroatoms. The van der Waals surface area contributed by atoms with Gasteiger partial charge in [-0.25, -0.2) is 4.39 Å². The topological polar surface area (TPSA) is 0 Å². The van der Waals surface area contributed by atoms with Crippen molar-refractivity contribution in [3.8, 4) is 11.1 Å². The molecule has 0 aromatic heterocycles. The van der Waals surface area contributed by atoms with E-state index < -0.39 is 5.82 Å². The van der Waals surface area contributed by atoms with E-state index in [1.54, 1.807) is 12.1 Å². The third-order valence-corrected chi connectivity index (χ3v) is 4.40. The highest BCUT2D eigenvalue weighted by Crippen LogP contribution is 2.40. The van der Waals surface area contributed by atoms with Gasteiger partial charge in [0.1, 0.15) is 5.82 Å². The molecule has 0 spiro atoms. The van der Waals surface area contributed by atoms with Gasteiger partial charge in [0.05, 0.1) is 25.1 Å². The zero-order valence-electron chi connectivity index (χ0n) is 8.58. The van der Waals surface area contributed by atoms with Crippen LogP contribution in [0.25, 0.3) is 11.1 Å². The highest BCUT2D eigenvalue weighted by atomic mass is 35.5. The van der Waals surface area contributed by atoms with Crippen LogP contribution in [-0.4, -0.2) is 0 Å². The highest BCUT2D eigenvalue weighted by Gasteiger charge is 2.14. The number of halogens is 6. The highest BCUT2D eigenvalue weighted by molar-refractivity contribution is 6.49. The van der Waals surface area contributed by atoms with E-state index in [0.29, 0.717) is 16.1 Å². The smallest absolute Gasteiger partial charge is 0.143 e. The average molecular weight is 344 g/mol. The third kappa shape index (κ3) is 2.56. The van der Waals surface area contributed by atoms with Gasteiger partial charge in [0, 0.05) is 5.56 Å². The molecule has 2 aromatic rings. The van der Waals surface area contributed by atoms with E-state index in [1.165, 1.54) is 12.1 Å². The summed E-state index contributed by atoms with van der Waals surface area (Å²) < 4.78 is 13.5. The van der Waals surface area contributed by atoms with Gasteiger partial charge in [-0.3, -0.25) is 0 Å². The van der Waals surface area contributed by atoms with Crippen LogP contribution < -0.4 is 0 Å². The third-order valence-electron chi connectivity index (χ3n) is 2.33. The van der Waals surface area contributed by atoms with Crippen LogP contribution in [0.15, 0.2) is 24.3 Å². The molecule has 0 saturated carbocycles. The zero-order valence-corrected chi connectivity index (χ0v) is 12.4. The largest absolute Gasteiger partial charge is 0.205 e. The second-order valence-corrected chi connectivity index (χ2v) is 5.43. The van der Waals surface area contributed by atoms with Gasteiger partial charge in [-0.1, -0.05) is 64.1 Å². The van der Waals surface area contributed by atoms with Crippen molar-refractivity contribution in [3.63, 3.8) is 0 Å². The first kappa shape index (κ1) is 14.2. The fourth-order valence-electron chi connectivity index (χ4n) is 1.46. The van der Waals surface area contributed by atoms with Crippen molar-refractivity contribution < 1.29 is 4.39 Å². The SMILES string of the molecule is Fc1cc(-c2ccc(Cl)c(Cl)c2Cl)cc(Cl)c1Cl. The molecule has 0 unspecified atom stereocenters. The summed E-state index contributed by atoms with van der Waals surface area (Å²) in [5, 5.41) is 0.751. The number of hydrogen-bond acceptors (Lipinski definition) is 0. The molecule has 0 bridgehead atoms. The van der Waals surface area contributed by atoms with Gasteiger partial charge in [-0.15, -0.1) is 0 Å². The minimum Gasteiger partial charge on any atom is -0.205 e. The van der Waals surface area contributed by atoms with E-state index in [2.05, 4.69) is 0 Å². The Kier molecular flexibility index (Phi) is 4.30. The second kappa shape index (κ2) is 5.44. The summed E-state index contributed by atoms with van der Waals surface area (Å²) in [4.78, 5) is 0. The maximum atomic E-state index is 13.5. The Hall–Kier alpha value is -0.180. The quantitative estimate of drug-likeness (QED) is 0.501. The van der Waals surface area contributed by atoms with Gasteiger partial charge >= 0.3 is 0 Å². The summed E-state index contributed by atoms with van der Waals surface area (Å²) in [5.41, 5.74) is 1.01. The Bertz CT molecular complexity index is 601. The molecule has 2 rings (SSSR count). The summed E-state index contributed by atoms with van der Waals surface area (Å²) in [5.74, 6) is -0.624. The predicted molar refractivity (Wildman–Crippen MR) is 76.9 cm³/mol. The molecular formula is C12H4Cl5F. The van der Waals surface area contributed by atoms with E-state index in [-0.39, 0.29) is 20.1 Å². The fourth-order valence-corrected chi connectivity index (χ4v) is 2.42. The van der Waals surface area contributed by atoms with E-state index >= 15 is 0 Å². The lowest BCUT2D eigenvalue weighted by molar-refractivity contribution is 0.629. The Morgan fingerprint density at radius 2 is 1.39 bits per heavy atom. The van der Waals surface area contributed by atoms with Crippen LogP contribution in [0.3, 0.4) is 0 Å². The standard InChI is InChI=1S/C12H4Cl5F/c13-7-2-1-6(10(15)12(7)17)5-3-8(14)11(16)9(18)4-5/h1-4H. The van der Waals surface area contributed by atoms with Crippen molar-refractivity contribution in [2.24, 2.45) is 0 Å². The molecule has 0 aliphatic heterocycles. The van der Waals surface area contributed by atoms with Gasteiger partial charge in [0.25, 0.3) is 0 Å². The first-order valence-corrected chi connectivity index (χ1v) is 6.59. The molecule has 0 saturated heterocycles. The second-order valence-electron chi connectivity index (χ2n) is 3.48. The normalized spacial score (nSPS) is 10.8. The van der Waals surface area contributed by atoms with E-state index in [0.717, 1.165) is 0 Å². The van der Waals surface area contributed by atoms with Crippen molar-refractivity contribution in [2.75, 3.05) is 0 Å². The summed E-state index contributed by atoms with van der Waals surface area (Å²) >= 11 is 29.3. The first-order valence-electron chi connectivity index (χ1n) is 4.70. The summed E-state index contributed by atoms with van der Waals surface area (Å²) in [6, 6.07) is 5.96. The molecule has 0 aliphatic carbocycles. The molecule has 0 N–H and O–H groups in total. The summed E-state index contributed by atoms with van der Waals surface area (Å²) in [6.45, 7) is 0. The average Bonchev–Trinajstić information content (AvgIpc) is 2.33. The van der Waals surface area contributed by atoms with Crippen LogP contribution >= 0.6 is 58.0 Å². The lowest BCUT2D eigenvalue weighted by Gasteiger charge is -2.09. The van der Waals surface area contributed by atoms with Gasteiger partial charge in [-0.2, -0.15) is 0 Å². The molecule has 0 aliphatic rings. The van der Waals surface area contributed by atoms with Crippen molar-refractivity contribution in [1.82, 2.24) is 0 Å². The monoisotopic (exact) mass is 342 g/mol.